The molecule has 0 unspecified atom stereocenters. The molecule has 0 atom stereocenters. The van der Waals surface area contributed by atoms with Gasteiger partial charge in [-0.1, -0.05) is 18.2 Å². The summed E-state index contributed by atoms with van der Waals surface area (Å²) in [6.07, 6.45) is 1.41. The molecule has 34 heavy (non-hydrogen) atoms. The van der Waals surface area contributed by atoms with Gasteiger partial charge < -0.3 is 20.8 Å². The van der Waals surface area contributed by atoms with E-state index in [0.29, 0.717) is 11.3 Å². The lowest BCUT2D eigenvalue weighted by molar-refractivity contribution is -0.384. The first-order valence-electron chi connectivity index (χ1n) is 9.87. The maximum atomic E-state index is 10.9. The van der Waals surface area contributed by atoms with Crippen molar-refractivity contribution in [1.82, 2.24) is 15.0 Å². The van der Waals surface area contributed by atoms with E-state index in [-0.39, 0.29) is 35.0 Å². The van der Waals surface area contributed by atoms with E-state index in [9.17, 15) is 20.3 Å². The highest BCUT2D eigenvalue weighted by molar-refractivity contribution is 5.81. The zero-order chi connectivity index (χ0) is 23.9. The molecular weight excluding hydrogens is 440 g/mol. The Bertz CT molecular complexity index is 1330. The topological polar surface area (TPSA) is 171 Å². The van der Waals surface area contributed by atoms with Gasteiger partial charge in [-0.25, -0.2) is 5.43 Å². The summed E-state index contributed by atoms with van der Waals surface area (Å²) in [5.41, 5.74) is 4.48. The lowest BCUT2D eigenvalue weighted by atomic mass is 10.2. The Morgan fingerprint density at radius 1 is 0.794 bits per heavy atom. The Kier molecular flexibility index (Phi) is 6.40. The monoisotopic (exact) mass is 458 g/mol. The van der Waals surface area contributed by atoms with Crippen LogP contribution < -0.4 is 16.1 Å². The molecule has 4 rings (SSSR count). The third-order valence-corrected chi connectivity index (χ3v) is 4.38. The molecule has 3 aromatic carbocycles. The molecule has 12 nitrogen and oxygen atoms in total. The first kappa shape index (κ1) is 22.0. The van der Waals surface area contributed by atoms with Gasteiger partial charge in [0.05, 0.1) is 11.1 Å². The Labute approximate surface area is 192 Å². The Morgan fingerprint density at radius 3 is 2.03 bits per heavy atom. The fourth-order valence-electron chi connectivity index (χ4n) is 2.77. The van der Waals surface area contributed by atoms with Crippen molar-refractivity contribution in [3.05, 3.63) is 88.5 Å². The van der Waals surface area contributed by atoms with Crippen LogP contribution in [0.1, 0.15) is 5.56 Å². The van der Waals surface area contributed by atoms with Crippen LogP contribution in [0.3, 0.4) is 0 Å². The summed E-state index contributed by atoms with van der Waals surface area (Å²) in [5.74, 6) is -0.000785. The van der Waals surface area contributed by atoms with E-state index in [2.05, 4.69) is 36.1 Å². The molecule has 4 aromatic rings. The Morgan fingerprint density at radius 2 is 1.41 bits per heavy atom. The van der Waals surface area contributed by atoms with Crippen LogP contribution in [0.5, 0.6) is 11.5 Å². The van der Waals surface area contributed by atoms with Crippen molar-refractivity contribution in [3.63, 3.8) is 0 Å². The second-order valence-corrected chi connectivity index (χ2v) is 6.84. The van der Waals surface area contributed by atoms with E-state index < -0.39 is 4.92 Å². The quantitative estimate of drug-likeness (QED) is 0.112. The van der Waals surface area contributed by atoms with E-state index in [1.165, 1.54) is 42.6 Å². The van der Waals surface area contributed by atoms with Gasteiger partial charge >= 0.3 is 0 Å². The number of rotatable bonds is 8. The summed E-state index contributed by atoms with van der Waals surface area (Å²) >= 11 is 0. The number of para-hydroxylation sites is 1. The zero-order valence-corrected chi connectivity index (χ0v) is 17.5. The Balaban J connectivity index is 1.57. The molecule has 0 spiro atoms. The maximum Gasteiger partial charge on any atom is 0.269 e. The fourth-order valence-corrected chi connectivity index (χ4v) is 2.77. The van der Waals surface area contributed by atoms with E-state index in [1.54, 1.807) is 6.07 Å². The number of aromatic nitrogens is 3. The number of nitrogens with zero attached hydrogens (tertiary/aromatic N) is 5. The van der Waals surface area contributed by atoms with Crippen molar-refractivity contribution in [2.45, 2.75) is 0 Å². The molecule has 0 saturated heterocycles. The largest absolute Gasteiger partial charge is 0.504 e. The van der Waals surface area contributed by atoms with Crippen molar-refractivity contribution in [3.8, 4) is 11.5 Å². The van der Waals surface area contributed by atoms with Gasteiger partial charge in [-0.3, -0.25) is 10.1 Å². The number of phenols is 2. The molecule has 12 heteroatoms. The highest BCUT2D eigenvalue weighted by Crippen LogP contribution is 2.24. The van der Waals surface area contributed by atoms with Gasteiger partial charge in [0.15, 0.2) is 11.5 Å². The first-order chi connectivity index (χ1) is 16.5. The normalized spacial score (nSPS) is 10.7. The summed E-state index contributed by atoms with van der Waals surface area (Å²) in [6, 6.07) is 19.3. The standard InChI is InChI=1S/C22H18N8O4/c31-18-11-6-14(12-19(18)32)13-23-29-22-27-20(24-15-4-2-1-3-5-15)26-21(28-22)25-16-7-9-17(10-8-16)30(33)34/h1-13,31-32H,(H3,24,25,26,27,28,29). The lowest BCUT2D eigenvalue weighted by Crippen LogP contribution is -2.07. The third-order valence-electron chi connectivity index (χ3n) is 4.38. The molecule has 170 valence electrons. The summed E-state index contributed by atoms with van der Waals surface area (Å²) in [6.45, 7) is 0. The van der Waals surface area contributed by atoms with Gasteiger partial charge in [0.2, 0.25) is 17.8 Å². The molecular formula is C22H18N8O4. The van der Waals surface area contributed by atoms with Crippen LogP contribution in [-0.2, 0) is 0 Å². The molecule has 0 fully saturated rings. The minimum absolute atomic E-state index is 0.0374. The fraction of sp³-hybridized carbons (Fsp3) is 0. The lowest BCUT2D eigenvalue weighted by Gasteiger charge is -2.10. The van der Waals surface area contributed by atoms with Gasteiger partial charge in [0, 0.05) is 23.5 Å². The van der Waals surface area contributed by atoms with Gasteiger partial charge in [-0.15, -0.1) is 0 Å². The van der Waals surface area contributed by atoms with Crippen molar-refractivity contribution in [1.29, 1.82) is 0 Å². The van der Waals surface area contributed by atoms with E-state index >= 15 is 0 Å². The van der Waals surface area contributed by atoms with Crippen LogP contribution in [0.2, 0.25) is 0 Å². The molecule has 0 radical (unpaired) electrons. The number of nitrogens with one attached hydrogen (secondary N) is 3. The second-order valence-electron chi connectivity index (χ2n) is 6.84. The van der Waals surface area contributed by atoms with E-state index in [1.807, 2.05) is 30.3 Å². The molecule has 1 heterocycles. The average molecular weight is 458 g/mol. The van der Waals surface area contributed by atoms with Crippen molar-refractivity contribution >= 4 is 41.1 Å². The van der Waals surface area contributed by atoms with Gasteiger partial charge in [0.25, 0.3) is 5.69 Å². The molecule has 0 amide bonds. The van der Waals surface area contributed by atoms with E-state index in [4.69, 9.17) is 0 Å². The number of benzene rings is 3. The van der Waals surface area contributed by atoms with Crippen LogP contribution in [0, 0.1) is 10.1 Å². The molecule has 0 aliphatic carbocycles. The molecule has 0 aliphatic heterocycles. The number of aromatic hydroxyl groups is 2. The summed E-state index contributed by atoms with van der Waals surface area (Å²) in [4.78, 5) is 23.3. The summed E-state index contributed by atoms with van der Waals surface area (Å²) < 4.78 is 0. The first-order valence-corrected chi connectivity index (χ1v) is 9.87. The number of nitro groups is 1. The van der Waals surface area contributed by atoms with Crippen molar-refractivity contribution in [2.75, 3.05) is 16.1 Å². The minimum Gasteiger partial charge on any atom is -0.504 e. The van der Waals surface area contributed by atoms with Gasteiger partial charge in [-0.05, 0) is 48.0 Å². The second kappa shape index (κ2) is 9.91. The smallest absolute Gasteiger partial charge is 0.269 e. The van der Waals surface area contributed by atoms with Gasteiger partial charge in [-0.2, -0.15) is 20.1 Å². The minimum atomic E-state index is -0.484. The van der Waals surface area contributed by atoms with E-state index in [0.717, 1.165) is 5.69 Å². The summed E-state index contributed by atoms with van der Waals surface area (Å²) in [5, 5.41) is 40.0. The maximum absolute atomic E-state index is 10.9. The number of non-ortho nitro benzene ring substituents is 1. The number of anilines is 5. The summed E-state index contributed by atoms with van der Waals surface area (Å²) in [7, 11) is 0. The zero-order valence-electron chi connectivity index (χ0n) is 17.5. The van der Waals surface area contributed by atoms with Gasteiger partial charge in [0.1, 0.15) is 0 Å². The molecule has 0 saturated carbocycles. The number of nitro benzene ring substituents is 1. The molecule has 0 aliphatic rings. The number of hydrogen-bond acceptors (Lipinski definition) is 11. The Hall–Kier alpha value is -5.26. The van der Waals surface area contributed by atoms with Crippen LogP contribution in [0.4, 0.5) is 34.9 Å². The molecule has 1 aromatic heterocycles. The van der Waals surface area contributed by atoms with Crippen LogP contribution in [-0.4, -0.2) is 36.3 Å². The predicted octanol–water partition coefficient (Wildman–Crippen LogP) is 4.12. The SMILES string of the molecule is O=[N+]([O-])c1ccc(Nc2nc(NN=Cc3ccc(O)c(O)c3)nc(Nc3ccccc3)n2)cc1. The predicted molar refractivity (Wildman–Crippen MR) is 127 cm³/mol. The number of hydrogen-bond donors (Lipinski definition) is 5. The van der Waals surface area contributed by atoms with Crippen molar-refractivity contribution < 1.29 is 15.1 Å². The highest BCUT2D eigenvalue weighted by atomic mass is 16.6. The van der Waals surface area contributed by atoms with Crippen molar-refractivity contribution in [2.24, 2.45) is 5.10 Å². The van der Waals surface area contributed by atoms with Crippen LogP contribution in [0.15, 0.2) is 77.9 Å². The van der Waals surface area contributed by atoms with Crippen LogP contribution in [0.25, 0.3) is 0 Å². The number of hydrazone groups is 1. The average Bonchev–Trinajstić information content (AvgIpc) is 2.82. The highest BCUT2D eigenvalue weighted by Gasteiger charge is 2.09. The third kappa shape index (κ3) is 5.70. The molecule has 0 bridgehead atoms. The van der Waals surface area contributed by atoms with Crippen LogP contribution >= 0.6 is 0 Å². The molecule has 5 N–H and O–H groups in total. The number of phenolic OH excluding ortho intramolecular Hbond substituents is 2.